The molecule has 4 unspecified atom stereocenters. The van der Waals surface area contributed by atoms with Gasteiger partial charge in [-0.05, 0) is 30.9 Å². The van der Waals surface area contributed by atoms with Crippen LogP contribution in [0, 0.1) is 5.92 Å². The number of alkyl halides is 4. The molecule has 2 nitrogen and oxygen atoms in total. The van der Waals surface area contributed by atoms with E-state index >= 15 is 0 Å². The highest BCUT2D eigenvalue weighted by Gasteiger charge is 2.65. The van der Waals surface area contributed by atoms with Gasteiger partial charge in [-0.2, -0.15) is 13.2 Å². The summed E-state index contributed by atoms with van der Waals surface area (Å²) in [5.74, 6) is 0.345. The zero-order chi connectivity index (χ0) is 17.8. The molecule has 2 aliphatic heterocycles. The van der Waals surface area contributed by atoms with Crippen molar-refractivity contribution >= 4 is 22.6 Å². The molecule has 1 aromatic carbocycles. The summed E-state index contributed by atoms with van der Waals surface area (Å²) in [6.45, 7) is 6.26. The van der Waals surface area contributed by atoms with Crippen LogP contribution in [0.3, 0.4) is 0 Å². The van der Waals surface area contributed by atoms with Gasteiger partial charge in [0.25, 0.3) is 0 Å². The third-order valence-corrected chi connectivity index (χ3v) is 6.96. The van der Waals surface area contributed by atoms with Crippen molar-refractivity contribution in [2.24, 2.45) is 5.92 Å². The summed E-state index contributed by atoms with van der Waals surface area (Å²) in [6.07, 6.45) is -2.92. The standard InChI is InChI=1S/C18H22F3IO2/c1-11(2)17-9-15(16(3,24-17)8-14(17)22)23-10-12-6-4-5-7-13(12)18(19,20)21/h4-7,11,14-15H,8-10H2,1-3H3. The normalized spacial score (nSPS) is 35.8. The van der Waals surface area contributed by atoms with Crippen LogP contribution in [0.4, 0.5) is 13.2 Å². The first-order chi connectivity index (χ1) is 11.1. The number of hydrogen-bond donors (Lipinski definition) is 0. The van der Waals surface area contributed by atoms with E-state index in [1.807, 2.05) is 6.92 Å². The molecule has 0 spiro atoms. The lowest BCUT2D eigenvalue weighted by Gasteiger charge is -2.35. The molecular formula is C18H22F3IO2. The van der Waals surface area contributed by atoms with Gasteiger partial charge in [0.05, 0.1) is 29.5 Å². The van der Waals surface area contributed by atoms with Gasteiger partial charge in [0, 0.05) is 10.3 Å². The van der Waals surface area contributed by atoms with E-state index in [0.717, 1.165) is 18.9 Å². The fourth-order valence-electron chi connectivity index (χ4n) is 4.00. The van der Waals surface area contributed by atoms with Gasteiger partial charge in [-0.1, -0.05) is 54.6 Å². The van der Waals surface area contributed by atoms with Crippen LogP contribution in [0.15, 0.2) is 24.3 Å². The van der Waals surface area contributed by atoms with Gasteiger partial charge in [0.1, 0.15) is 0 Å². The van der Waals surface area contributed by atoms with Gasteiger partial charge in [0.2, 0.25) is 0 Å². The zero-order valence-corrected chi connectivity index (χ0v) is 16.1. The Morgan fingerprint density at radius 3 is 2.54 bits per heavy atom. The van der Waals surface area contributed by atoms with Gasteiger partial charge in [0.15, 0.2) is 0 Å². The molecule has 0 amide bonds. The Kier molecular flexibility index (Phi) is 4.71. The molecule has 0 aromatic heterocycles. The third kappa shape index (κ3) is 2.98. The molecule has 24 heavy (non-hydrogen) atoms. The lowest BCUT2D eigenvalue weighted by molar-refractivity contribution is -0.139. The maximum Gasteiger partial charge on any atom is 0.416 e. The van der Waals surface area contributed by atoms with Crippen molar-refractivity contribution in [3.63, 3.8) is 0 Å². The molecule has 2 bridgehead atoms. The molecule has 3 rings (SSSR count). The highest BCUT2D eigenvalue weighted by atomic mass is 127. The number of ether oxygens (including phenoxy) is 2. The Morgan fingerprint density at radius 1 is 1.29 bits per heavy atom. The van der Waals surface area contributed by atoms with Gasteiger partial charge in [-0.15, -0.1) is 0 Å². The largest absolute Gasteiger partial charge is 0.416 e. The second-order valence-corrected chi connectivity index (χ2v) is 8.86. The first-order valence-corrected chi connectivity index (χ1v) is 9.44. The van der Waals surface area contributed by atoms with E-state index in [0.29, 0.717) is 9.84 Å². The number of hydrogen-bond acceptors (Lipinski definition) is 2. The summed E-state index contributed by atoms with van der Waals surface area (Å²) in [7, 11) is 0. The first kappa shape index (κ1) is 18.5. The lowest BCUT2D eigenvalue weighted by atomic mass is 9.75. The van der Waals surface area contributed by atoms with E-state index in [1.165, 1.54) is 12.1 Å². The smallest absolute Gasteiger partial charge is 0.370 e. The van der Waals surface area contributed by atoms with Crippen LogP contribution in [0.2, 0.25) is 0 Å². The van der Waals surface area contributed by atoms with Crippen molar-refractivity contribution in [2.75, 3.05) is 0 Å². The van der Waals surface area contributed by atoms with Crippen LogP contribution in [-0.4, -0.2) is 21.2 Å². The van der Waals surface area contributed by atoms with Crippen LogP contribution in [0.25, 0.3) is 0 Å². The topological polar surface area (TPSA) is 18.5 Å². The van der Waals surface area contributed by atoms with Crippen LogP contribution >= 0.6 is 22.6 Å². The molecule has 4 atom stereocenters. The molecule has 2 saturated heterocycles. The van der Waals surface area contributed by atoms with Crippen LogP contribution in [-0.2, 0) is 22.3 Å². The fourth-order valence-corrected chi connectivity index (χ4v) is 5.98. The first-order valence-electron chi connectivity index (χ1n) is 8.19. The Labute approximate surface area is 154 Å². The quantitative estimate of drug-likeness (QED) is 0.450. The minimum atomic E-state index is -4.36. The number of halogens is 4. The second-order valence-electron chi connectivity index (χ2n) is 7.35. The minimum Gasteiger partial charge on any atom is -0.370 e. The Hall–Kier alpha value is -0.340. The van der Waals surface area contributed by atoms with Crippen molar-refractivity contribution in [3.8, 4) is 0 Å². The third-order valence-electron chi connectivity index (χ3n) is 5.46. The van der Waals surface area contributed by atoms with Crippen molar-refractivity contribution in [1.82, 2.24) is 0 Å². The Morgan fingerprint density at radius 2 is 1.96 bits per heavy atom. The molecule has 0 N–H and O–H groups in total. The molecule has 2 heterocycles. The van der Waals surface area contributed by atoms with Crippen molar-refractivity contribution in [1.29, 1.82) is 0 Å². The summed E-state index contributed by atoms with van der Waals surface area (Å²) in [4.78, 5) is 0. The summed E-state index contributed by atoms with van der Waals surface area (Å²) in [5.41, 5.74) is -1.09. The summed E-state index contributed by atoms with van der Waals surface area (Å²) < 4.78 is 52.1. The van der Waals surface area contributed by atoms with Crippen molar-refractivity contribution in [2.45, 2.75) is 67.6 Å². The van der Waals surface area contributed by atoms with Gasteiger partial charge in [-0.25, -0.2) is 0 Å². The number of benzene rings is 1. The van der Waals surface area contributed by atoms with Gasteiger partial charge >= 0.3 is 6.18 Å². The Bertz CT molecular complexity index is 619. The van der Waals surface area contributed by atoms with E-state index in [1.54, 1.807) is 6.07 Å². The fraction of sp³-hybridized carbons (Fsp3) is 0.667. The van der Waals surface area contributed by atoms with E-state index < -0.39 is 17.3 Å². The summed E-state index contributed by atoms with van der Waals surface area (Å²) in [5, 5.41) is 0. The average molecular weight is 454 g/mol. The minimum absolute atomic E-state index is 0.0423. The van der Waals surface area contributed by atoms with E-state index in [9.17, 15) is 13.2 Å². The molecule has 2 fully saturated rings. The summed E-state index contributed by atoms with van der Waals surface area (Å²) >= 11 is 2.44. The van der Waals surface area contributed by atoms with Crippen molar-refractivity contribution in [3.05, 3.63) is 35.4 Å². The van der Waals surface area contributed by atoms with Crippen LogP contribution in [0.5, 0.6) is 0 Å². The maximum absolute atomic E-state index is 13.1. The highest BCUT2D eigenvalue weighted by Crippen LogP contribution is 2.57. The van der Waals surface area contributed by atoms with Crippen LogP contribution in [0.1, 0.15) is 44.7 Å². The average Bonchev–Trinajstić information content (AvgIpc) is 2.92. The van der Waals surface area contributed by atoms with Gasteiger partial charge in [-0.3, -0.25) is 0 Å². The number of fused-ring (bicyclic) bond motifs is 2. The van der Waals surface area contributed by atoms with E-state index in [4.69, 9.17) is 9.47 Å². The molecule has 0 saturated carbocycles. The monoisotopic (exact) mass is 454 g/mol. The molecular weight excluding hydrogens is 432 g/mol. The molecule has 0 aliphatic carbocycles. The SMILES string of the molecule is CC(C)C12CC(OCc3ccccc3C(F)(F)F)C(C)(CC1I)O2. The van der Waals surface area contributed by atoms with Crippen molar-refractivity contribution < 1.29 is 22.6 Å². The number of rotatable bonds is 4. The second kappa shape index (κ2) is 6.13. The van der Waals surface area contributed by atoms with Crippen LogP contribution < -0.4 is 0 Å². The highest BCUT2D eigenvalue weighted by molar-refractivity contribution is 14.1. The van der Waals surface area contributed by atoms with E-state index in [2.05, 4.69) is 36.4 Å². The Balaban J connectivity index is 1.76. The summed E-state index contributed by atoms with van der Waals surface area (Å²) in [6, 6.07) is 5.61. The lowest BCUT2D eigenvalue weighted by Crippen LogP contribution is -2.44. The maximum atomic E-state index is 13.1. The predicted octanol–water partition coefficient (Wildman–Crippen LogP) is 5.37. The van der Waals surface area contributed by atoms with E-state index in [-0.39, 0.29) is 23.9 Å². The molecule has 0 radical (unpaired) electrons. The molecule has 2 aliphatic rings. The zero-order valence-electron chi connectivity index (χ0n) is 14.0. The molecule has 6 heteroatoms. The van der Waals surface area contributed by atoms with Gasteiger partial charge < -0.3 is 9.47 Å². The predicted molar refractivity (Wildman–Crippen MR) is 94.1 cm³/mol. The molecule has 134 valence electrons. The molecule has 1 aromatic rings.